The number of carbonyl (C=O) groups is 1. The molecule has 0 aromatic heterocycles. The van der Waals surface area contributed by atoms with Gasteiger partial charge < -0.3 is 20.1 Å². The van der Waals surface area contributed by atoms with Crippen LogP contribution in [0.15, 0.2) is 24.3 Å². The number of hydrogen-bond donors (Lipinski definition) is 2. The second-order valence-corrected chi connectivity index (χ2v) is 5.68. The van der Waals surface area contributed by atoms with E-state index in [0.29, 0.717) is 6.54 Å². The fourth-order valence-corrected chi connectivity index (χ4v) is 2.65. The van der Waals surface area contributed by atoms with Gasteiger partial charge in [0.25, 0.3) is 0 Å². The molecule has 1 aromatic rings. The molecular formula is C17H26N2O3. The van der Waals surface area contributed by atoms with Crippen LogP contribution < -0.4 is 10.1 Å². The fraction of sp³-hybridized carbons (Fsp3) is 0.588. The number of hydrogen-bond acceptors (Lipinski definition) is 3. The Morgan fingerprint density at radius 1 is 1.50 bits per heavy atom. The minimum Gasteiger partial charge on any atom is -0.494 e. The third-order valence-corrected chi connectivity index (χ3v) is 3.96. The first-order valence-corrected chi connectivity index (χ1v) is 8.11. The highest BCUT2D eigenvalue weighted by molar-refractivity contribution is 5.74. The highest BCUT2D eigenvalue weighted by atomic mass is 16.5. The van der Waals surface area contributed by atoms with E-state index in [4.69, 9.17) is 4.74 Å². The maximum atomic E-state index is 12.2. The summed E-state index contributed by atoms with van der Waals surface area (Å²) in [5.41, 5.74) is 1.02. The molecule has 2 amide bonds. The second-order valence-electron chi connectivity index (χ2n) is 5.68. The molecule has 1 aliphatic rings. The SMILES string of the molecule is CCCCOc1cccc(CNC(=O)N2CCCC2CO)c1. The molecule has 1 heterocycles. The average Bonchev–Trinajstić information content (AvgIpc) is 3.02. The van der Waals surface area contributed by atoms with Crippen LogP contribution in [0.3, 0.4) is 0 Å². The van der Waals surface area contributed by atoms with Crippen LogP contribution in [0, 0.1) is 0 Å². The number of urea groups is 1. The number of nitrogens with zero attached hydrogens (tertiary/aromatic N) is 1. The summed E-state index contributed by atoms with van der Waals surface area (Å²) in [5.74, 6) is 0.842. The highest BCUT2D eigenvalue weighted by Gasteiger charge is 2.27. The lowest BCUT2D eigenvalue weighted by Gasteiger charge is -2.23. The molecule has 1 fully saturated rings. The molecule has 1 unspecified atom stereocenters. The maximum absolute atomic E-state index is 12.2. The van der Waals surface area contributed by atoms with Crippen LogP contribution in [0.4, 0.5) is 4.79 Å². The summed E-state index contributed by atoms with van der Waals surface area (Å²) >= 11 is 0. The smallest absolute Gasteiger partial charge is 0.317 e. The van der Waals surface area contributed by atoms with Crippen LogP contribution in [0.2, 0.25) is 0 Å². The van der Waals surface area contributed by atoms with Crippen LogP contribution >= 0.6 is 0 Å². The zero-order chi connectivity index (χ0) is 15.8. The predicted molar refractivity (Wildman–Crippen MR) is 85.9 cm³/mol. The van der Waals surface area contributed by atoms with Crippen molar-refractivity contribution in [2.45, 2.75) is 45.2 Å². The molecule has 0 saturated carbocycles. The van der Waals surface area contributed by atoms with E-state index in [1.807, 2.05) is 24.3 Å². The molecule has 1 saturated heterocycles. The lowest BCUT2D eigenvalue weighted by Crippen LogP contribution is -2.43. The molecule has 2 rings (SSSR count). The molecule has 5 heteroatoms. The molecule has 0 bridgehead atoms. The molecule has 122 valence electrons. The summed E-state index contributed by atoms with van der Waals surface area (Å²) in [5, 5.41) is 12.2. The first-order valence-electron chi connectivity index (χ1n) is 8.11. The van der Waals surface area contributed by atoms with Gasteiger partial charge in [-0.25, -0.2) is 4.79 Å². The number of aliphatic hydroxyl groups is 1. The Morgan fingerprint density at radius 3 is 3.14 bits per heavy atom. The number of benzene rings is 1. The molecule has 0 aliphatic carbocycles. The highest BCUT2D eigenvalue weighted by Crippen LogP contribution is 2.17. The van der Waals surface area contributed by atoms with Gasteiger partial charge in [-0.05, 0) is 37.0 Å². The van der Waals surface area contributed by atoms with Crippen LogP contribution in [-0.4, -0.2) is 41.8 Å². The Kier molecular flexibility index (Phi) is 6.52. The third-order valence-electron chi connectivity index (χ3n) is 3.96. The van der Waals surface area contributed by atoms with Gasteiger partial charge in [-0.15, -0.1) is 0 Å². The van der Waals surface area contributed by atoms with Gasteiger partial charge in [-0.2, -0.15) is 0 Å². The van der Waals surface area contributed by atoms with Gasteiger partial charge in [0.05, 0.1) is 19.3 Å². The van der Waals surface area contributed by atoms with Crippen molar-refractivity contribution in [3.05, 3.63) is 29.8 Å². The topological polar surface area (TPSA) is 61.8 Å². The molecule has 1 aliphatic heterocycles. The van der Waals surface area contributed by atoms with Crippen LogP contribution in [-0.2, 0) is 6.54 Å². The van der Waals surface area contributed by atoms with Crippen molar-refractivity contribution in [1.29, 1.82) is 0 Å². The van der Waals surface area contributed by atoms with Gasteiger partial charge in [0.1, 0.15) is 5.75 Å². The van der Waals surface area contributed by atoms with Gasteiger partial charge in [0.15, 0.2) is 0 Å². The zero-order valence-corrected chi connectivity index (χ0v) is 13.3. The van der Waals surface area contributed by atoms with Crippen molar-refractivity contribution >= 4 is 6.03 Å². The number of likely N-dealkylation sites (tertiary alicyclic amines) is 1. The molecular weight excluding hydrogens is 280 g/mol. The Hall–Kier alpha value is -1.75. The fourth-order valence-electron chi connectivity index (χ4n) is 2.65. The van der Waals surface area contributed by atoms with E-state index in [1.54, 1.807) is 4.90 Å². The summed E-state index contributed by atoms with van der Waals surface area (Å²) in [7, 11) is 0. The predicted octanol–water partition coefficient (Wildman–Crippen LogP) is 2.53. The van der Waals surface area contributed by atoms with E-state index in [1.165, 1.54) is 0 Å². The standard InChI is InChI=1S/C17H26N2O3/c1-2-3-10-22-16-8-4-6-14(11-16)12-18-17(21)19-9-5-7-15(19)13-20/h4,6,8,11,15,20H,2-3,5,7,9-10,12-13H2,1H3,(H,18,21). The van der Waals surface area contributed by atoms with E-state index in [9.17, 15) is 9.90 Å². The van der Waals surface area contributed by atoms with Crippen molar-refractivity contribution in [3.63, 3.8) is 0 Å². The maximum Gasteiger partial charge on any atom is 0.317 e. The van der Waals surface area contributed by atoms with E-state index < -0.39 is 0 Å². The van der Waals surface area contributed by atoms with Gasteiger partial charge in [0, 0.05) is 13.1 Å². The summed E-state index contributed by atoms with van der Waals surface area (Å²) in [6, 6.07) is 7.67. The molecule has 22 heavy (non-hydrogen) atoms. The molecule has 0 spiro atoms. The Balaban J connectivity index is 1.83. The first kappa shape index (κ1) is 16.6. The number of carbonyl (C=O) groups excluding carboxylic acids is 1. The summed E-state index contributed by atoms with van der Waals surface area (Å²) in [4.78, 5) is 13.9. The second kappa shape index (κ2) is 8.63. The number of unbranched alkanes of at least 4 members (excludes halogenated alkanes) is 1. The lowest BCUT2D eigenvalue weighted by molar-refractivity contribution is 0.157. The molecule has 5 nitrogen and oxygen atoms in total. The third kappa shape index (κ3) is 4.63. The van der Waals surface area contributed by atoms with Crippen molar-refractivity contribution < 1.29 is 14.6 Å². The molecule has 2 N–H and O–H groups in total. The van der Waals surface area contributed by atoms with E-state index in [2.05, 4.69) is 12.2 Å². The molecule has 0 radical (unpaired) electrons. The largest absolute Gasteiger partial charge is 0.494 e. The first-order chi connectivity index (χ1) is 10.7. The van der Waals surface area contributed by atoms with Crippen molar-refractivity contribution in [3.8, 4) is 5.75 Å². The van der Waals surface area contributed by atoms with Crippen LogP contribution in [0.5, 0.6) is 5.75 Å². The Labute approximate surface area is 132 Å². The number of nitrogens with one attached hydrogen (secondary N) is 1. The summed E-state index contributed by atoms with van der Waals surface area (Å²) < 4.78 is 5.67. The van der Waals surface area contributed by atoms with Gasteiger partial charge in [0.2, 0.25) is 0 Å². The van der Waals surface area contributed by atoms with Crippen LogP contribution in [0.1, 0.15) is 38.2 Å². The zero-order valence-electron chi connectivity index (χ0n) is 13.3. The molecule has 1 aromatic carbocycles. The van der Waals surface area contributed by atoms with Crippen molar-refractivity contribution in [2.24, 2.45) is 0 Å². The monoisotopic (exact) mass is 306 g/mol. The normalized spacial score (nSPS) is 17.5. The lowest BCUT2D eigenvalue weighted by atomic mass is 10.2. The Bertz CT molecular complexity index is 479. The van der Waals surface area contributed by atoms with Gasteiger partial charge >= 0.3 is 6.03 Å². The average molecular weight is 306 g/mol. The quantitative estimate of drug-likeness (QED) is 0.761. The molecule has 1 atom stereocenters. The van der Waals surface area contributed by atoms with Gasteiger partial charge in [-0.3, -0.25) is 0 Å². The van der Waals surface area contributed by atoms with Gasteiger partial charge in [-0.1, -0.05) is 25.5 Å². The Morgan fingerprint density at radius 2 is 2.36 bits per heavy atom. The van der Waals surface area contributed by atoms with Crippen LogP contribution in [0.25, 0.3) is 0 Å². The number of amides is 2. The van der Waals surface area contributed by atoms with E-state index >= 15 is 0 Å². The number of rotatable bonds is 7. The minimum absolute atomic E-state index is 0.0359. The van der Waals surface area contributed by atoms with E-state index in [0.717, 1.165) is 50.1 Å². The summed E-state index contributed by atoms with van der Waals surface area (Å²) in [6.07, 6.45) is 3.99. The minimum atomic E-state index is -0.103. The van der Waals surface area contributed by atoms with Crippen molar-refractivity contribution in [1.82, 2.24) is 10.2 Å². The van der Waals surface area contributed by atoms with E-state index in [-0.39, 0.29) is 18.7 Å². The van der Waals surface area contributed by atoms with Crippen molar-refractivity contribution in [2.75, 3.05) is 19.8 Å². The summed E-state index contributed by atoms with van der Waals surface area (Å²) in [6.45, 7) is 4.08. The number of aliphatic hydroxyl groups excluding tert-OH is 1. The number of ether oxygens (including phenoxy) is 1.